The monoisotopic (exact) mass is 218 g/mol. The van der Waals surface area contributed by atoms with Gasteiger partial charge in [-0.15, -0.1) is 0 Å². The number of ether oxygens (including phenoxy) is 1. The Bertz CT molecular complexity index is 342. The zero-order valence-electron chi connectivity index (χ0n) is 9.32. The summed E-state index contributed by atoms with van der Waals surface area (Å²) in [6, 6.07) is 7.39. The van der Waals surface area contributed by atoms with Crippen LogP contribution < -0.4 is 0 Å². The predicted octanol–water partition coefficient (Wildman–Crippen LogP) is 1.66. The van der Waals surface area contributed by atoms with Crippen molar-refractivity contribution in [3.05, 3.63) is 48.5 Å². The van der Waals surface area contributed by atoms with Crippen molar-refractivity contribution in [3.8, 4) is 0 Å². The van der Waals surface area contributed by atoms with Gasteiger partial charge in [-0.2, -0.15) is 20.4 Å². The molecule has 0 aliphatic rings. The Hall–Kier alpha value is -1.88. The van der Waals surface area contributed by atoms with Gasteiger partial charge in [0, 0.05) is 25.7 Å². The molecule has 0 spiro atoms. The van der Waals surface area contributed by atoms with E-state index in [4.69, 9.17) is 4.74 Å². The van der Waals surface area contributed by atoms with E-state index in [0.29, 0.717) is 0 Å². The van der Waals surface area contributed by atoms with Crippen molar-refractivity contribution in [2.24, 2.45) is 0 Å². The van der Waals surface area contributed by atoms with Crippen molar-refractivity contribution in [3.63, 3.8) is 0 Å². The fraction of sp³-hybridized carbons (Fsp3) is 0.273. The van der Waals surface area contributed by atoms with Crippen molar-refractivity contribution in [2.45, 2.75) is 13.0 Å². The van der Waals surface area contributed by atoms with Gasteiger partial charge in [0.1, 0.15) is 0 Å². The molecule has 5 nitrogen and oxygen atoms in total. The van der Waals surface area contributed by atoms with Gasteiger partial charge in [0.2, 0.25) is 0 Å². The first-order valence-corrected chi connectivity index (χ1v) is 4.86. The Kier molecular flexibility index (Phi) is 5.65. The lowest BCUT2D eigenvalue weighted by Gasteiger charge is -2.05. The van der Waals surface area contributed by atoms with Crippen LogP contribution >= 0.6 is 0 Å². The topological polar surface area (TPSA) is 60.8 Å². The Morgan fingerprint density at radius 2 is 1.62 bits per heavy atom. The fourth-order valence-corrected chi connectivity index (χ4v) is 0.904. The third kappa shape index (κ3) is 4.56. The highest BCUT2D eigenvalue weighted by molar-refractivity contribution is 5.01. The van der Waals surface area contributed by atoms with Crippen LogP contribution in [-0.4, -0.2) is 27.5 Å². The molecule has 0 amide bonds. The number of rotatable bonds is 2. The van der Waals surface area contributed by atoms with Crippen LogP contribution in [0.15, 0.2) is 42.9 Å². The minimum Gasteiger partial charge on any atom is -0.375 e. The lowest BCUT2D eigenvalue weighted by atomic mass is 10.3. The Balaban J connectivity index is 0.000000181. The third-order valence-corrected chi connectivity index (χ3v) is 1.85. The maximum absolute atomic E-state index is 5.03. The second-order valence-corrected chi connectivity index (χ2v) is 2.94. The van der Waals surface area contributed by atoms with Crippen LogP contribution in [0.4, 0.5) is 0 Å². The van der Waals surface area contributed by atoms with Gasteiger partial charge in [-0.3, -0.25) is 0 Å². The molecule has 2 rings (SSSR count). The van der Waals surface area contributed by atoms with E-state index in [0.717, 1.165) is 5.69 Å². The van der Waals surface area contributed by atoms with Crippen molar-refractivity contribution in [1.82, 2.24) is 20.4 Å². The van der Waals surface area contributed by atoms with Crippen LogP contribution in [0.2, 0.25) is 0 Å². The first-order chi connectivity index (χ1) is 7.84. The molecular formula is C11H14N4O. The van der Waals surface area contributed by atoms with Gasteiger partial charge in [0.25, 0.3) is 0 Å². The highest BCUT2D eigenvalue weighted by Gasteiger charge is 2.02. The van der Waals surface area contributed by atoms with Gasteiger partial charge in [-0.25, -0.2) is 0 Å². The SMILES string of the molecule is COC(C)c1cccnn1.c1ccnnc1. The molecule has 0 saturated carbocycles. The highest BCUT2D eigenvalue weighted by atomic mass is 16.5. The summed E-state index contributed by atoms with van der Waals surface area (Å²) in [6.45, 7) is 1.93. The maximum Gasteiger partial charge on any atom is 0.0981 e. The lowest BCUT2D eigenvalue weighted by molar-refractivity contribution is 0.115. The van der Waals surface area contributed by atoms with Gasteiger partial charge in [-0.05, 0) is 31.2 Å². The molecule has 1 unspecified atom stereocenters. The zero-order valence-corrected chi connectivity index (χ0v) is 9.32. The first kappa shape index (κ1) is 12.2. The van der Waals surface area contributed by atoms with Gasteiger partial charge < -0.3 is 4.74 Å². The van der Waals surface area contributed by atoms with E-state index in [1.54, 1.807) is 25.7 Å². The molecule has 0 fully saturated rings. The minimum atomic E-state index is 0.0358. The van der Waals surface area contributed by atoms with Crippen molar-refractivity contribution >= 4 is 0 Å². The van der Waals surface area contributed by atoms with E-state index in [-0.39, 0.29) is 6.10 Å². The summed E-state index contributed by atoms with van der Waals surface area (Å²) in [5.74, 6) is 0. The molecule has 0 aliphatic heterocycles. The molecule has 16 heavy (non-hydrogen) atoms. The van der Waals surface area contributed by atoms with Crippen LogP contribution in [0.5, 0.6) is 0 Å². The molecule has 1 atom stereocenters. The number of aromatic nitrogens is 4. The summed E-state index contributed by atoms with van der Waals surface area (Å²) in [7, 11) is 1.65. The first-order valence-electron chi connectivity index (χ1n) is 4.86. The molecule has 2 aromatic rings. The molecular weight excluding hydrogens is 204 g/mol. The molecule has 5 heteroatoms. The second-order valence-electron chi connectivity index (χ2n) is 2.94. The van der Waals surface area contributed by atoms with Crippen LogP contribution in [0.1, 0.15) is 18.7 Å². The van der Waals surface area contributed by atoms with Gasteiger partial charge in [0.05, 0.1) is 11.8 Å². The number of hydrogen-bond acceptors (Lipinski definition) is 5. The van der Waals surface area contributed by atoms with Gasteiger partial charge >= 0.3 is 0 Å². The van der Waals surface area contributed by atoms with E-state index >= 15 is 0 Å². The molecule has 0 radical (unpaired) electrons. The third-order valence-electron chi connectivity index (χ3n) is 1.85. The molecule has 0 saturated heterocycles. The van der Waals surface area contributed by atoms with E-state index < -0.39 is 0 Å². The quantitative estimate of drug-likeness (QED) is 0.767. The largest absolute Gasteiger partial charge is 0.375 e. The Morgan fingerprint density at radius 1 is 1.00 bits per heavy atom. The van der Waals surface area contributed by atoms with Gasteiger partial charge in [0.15, 0.2) is 0 Å². The fourth-order valence-electron chi connectivity index (χ4n) is 0.904. The average molecular weight is 218 g/mol. The standard InChI is InChI=1S/C7H10N2O.C4H4N2/c1-6(10-2)7-4-3-5-8-9-7;1-2-4-6-5-3-1/h3-6H,1-2H3;1-4H. The van der Waals surface area contributed by atoms with E-state index in [1.165, 1.54) is 0 Å². The van der Waals surface area contributed by atoms with Crippen LogP contribution in [-0.2, 0) is 4.74 Å². The van der Waals surface area contributed by atoms with Crippen LogP contribution in [0, 0.1) is 0 Å². The summed E-state index contributed by atoms with van der Waals surface area (Å²) in [5, 5.41) is 14.7. The maximum atomic E-state index is 5.03. The minimum absolute atomic E-state index is 0.0358. The van der Waals surface area contributed by atoms with E-state index in [1.807, 2.05) is 31.2 Å². The Morgan fingerprint density at radius 3 is 2.00 bits per heavy atom. The molecule has 84 valence electrons. The summed E-state index contributed by atoms with van der Waals surface area (Å²) in [5.41, 5.74) is 0.866. The molecule has 0 N–H and O–H groups in total. The predicted molar refractivity (Wildman–Crippen MR) is 59.5 cm³/mol. The van der Waals surface area contributed by atoms with E-state index in [9.17, 15) is 0 Å². The molecule has 2 aromatic heterocycles. The number of nitrogens with zero attached hydrogens (tertiary/aromatic N) is 4. The smallest absolute Gasteiger partial charge is 0.0981 e. The molecule has 0 aromatic carbocycles. The van der Waals surface area contributed by atoms with Crippen molar-refractivity contribution in [1.29, 1.82) is 0 Å². The molecule has 0 bridgehead atoms. The number of methoxy groups -OCH3 is 1. The van der Waals surface area contributed by atoms with Crippen molar-refractivity contribution < 1.29 is 4.74 Å². The average Bonchev–Trinajstić information content (AvgIpc) is 2.41. The Labute approximate surface area is 94.5 Å². The highest BCUT2D eigenvalue weighted by Crippen LogP contribution is 2.09. The summed E-state index contributed by atoms with van der Waals surface area (Å²) < 4.78 is 5.03. The summed E-state index contributed by atoms with van der Waals surface area (Å²) in [4.78, 5) is 0. The van der Waals surface area contributed by atoms with Crippen LogP contribution in [0.25, 0.3) is 0 Å². The van der Waals surface area contributed by atoms with Gasteiger partial charge in [-0.1, -0.05) is 0 Å². The van der Waals surface area contributed by atoms with E-state index in [2.05, 4.69) is 20.4 Å². The zero-order chi connectivity index (χ0) is 11.6. The second kappa shape index (κ2) is 7.42. The normalized spacial score (nSPS) is 11.1. The van der Waals surface area contributed by atoms with Crippen molar-refractivity contribution in [2.75, 3.05) is 7.11 Å². The number of hydrogen-bond donors (Lipinski definition) is 0. The summed E-state index contributed by atoms with van der Waals surface area (Å²) in [6.07, 6.45) is 4.96. The lowest BCUT2D eigenvalue weighted by Crippen LogP contribution is -1.99. The molecule has 2 heterocycles. The molecule has 0 aliphatic carbocycles. The van der Waals surface area contributed by atoms with Crippen LogP contribution in [0.3, 0.4) is 0 Å². The summed E-state index contributed by atoms with van der Waals surface area (Å²) >= 11 is 0.